The lowest BCUT2D eigenvalue weighted by atomic mass is 10.0. The molecule has 1 atom stereocenters. The van der Waals surface area contributed by atoms with Crippen molar-refractivity contribution in [1.82, 2.24) is 20.2 Å². The SMILES string of the molecule is CCNc1nc(N2CCCCC2C(N)=O)c2cn[nH]c2n1. The summed E-state index contributed by atoms with van der Waals surface area (Å²) in [5, 5.41) is 10.8. The minimum Gasteiger partial charge on any atom is -0.368 e. The number of nitrogens with one attached hydrogen (secondary N) is 2. The van der Waals surface area contributed by atoms with Crippen molar-refractivity contribution in [1.29, 1.82) is 0 Å². The molecule has 1 saturated heterocycles. The lowest BCUT2D eigenvalue weighted by Crippen LogP contribution is -2.48. The second kappa shape index (κ2) is 5.55. The van der Waals surface area contributed by atoms with Gasteiger partial charge in [0.25, 0.3) is 0 Å². The molecule has 2 aromatic rings. The van der Waals surface area contributed by atoms with E-state index >= 15 is 0 Å². The number of rotatable bonds is 4. The predicted octanol–water partition coefficient (Wildman–Crippen LogP) is 0.629. The van der Waals surface area contributed by atoms with Crippen molar-refractivity contribution in [3.8, 4) is 0 Å². The number of fused-ring (bicyclic) bond motifs is 1. The third kappa shape index (κ3) is 2.48. The summed E-state index contributed by atoms with van der Waals surface area (Å²) in [5.41, 5.74) is 6.21. The van der Waals surface area contributed by atoms with Crippen LogP contribution in [0, 0.1) is 0 Å². The molecule has 2 aromatic heterocycles. The van der Waals surface area contributed by atoms with Gasteiger partial charge in [0, 0.05) is 13.1 Å². The van der Waals surface area contributed by atoms with Crippen LogP contribution in [0.1, 0.15) is 26.2 Å². The maximum atomic E-state index is 11.7. The first-order valence-corrected chi connectivity index (χ1v) is 7.21. The monoisotopic (exact) mass is 289 g/mol. The highest BCUT2D eigenvalue weighted by atomic mass is 16.1. The highest BCUT2D eigenvalue weighted by molar-refractivity contribution is 5.91. The summed E-state index contributed by atoms with van der Waals surface area (Å²) in [6.45, 7) is 3.46. The number of aromatic nitrogens is 4. The molecule has 0 spiro atoms. The van der Waals surface area contributed by atoms with E-state index < -0.39 is 0 Å². The van der Waals surface area contributed by atoms with Gasteiger partial charge in [-0.3, -0.25) is 9.89 Å². The number of carbonyl (C=O) groups excluding carboxylic acids is 1. The van der Waals surface area contributed by atoms with E-state index in [4.69, 9.17) is 5.73 Å². The van der Waals surface area contributed by atoms with E-state index in [-0.39, 0.29) is 11.9 Å². The summed E-state index contributed by atoms with van der Waals surface area (Å²) in [4.78, 5) is 22.6. The first-order chi connectivity index (χ1) is 10.2. The van der Waals surface area contributed by atoms with E-state index in [9.17, 15) is 4.79 Å². The zero-order valence-corrected chi connectivity index (χ0v) is 12.0. The molecular weight excluding hydrogens is 270 g/mol. The van der Waals surface area contributed by atoms with E-state index in [1.807, 2.05) is 11.8 Å². The fourth-order valence-electron chi connectivity index (χ4n) is 2.76. The average molecular weight is 289 g/mol. The number of nitrogens with zero attached hydrogens (tertiary/aromatic N) is 4. The summed E-state index contributed by atoms with van der Waals surface area (Å²) >= 11 is 0. The second-order valence-electron chi connectivity index (χ2n) is 5.14. The number of amides is 1. The number of anilines is 2. The zero-order chi connectivity index (χ0) is 14.8. The summed E-state index contributed by atoms with van der Waals surface area (Å²) in [5.74, 6) is 0.932. The van der Waals surface area contributed by atoms with E-state index in [1.165, 1.54) is 0 Å². The molecule has 0 radical (unpaired) electrons. The minimum absolute atomic E-state index is 0.310. The van der Waals surface area contributed by atoms with Crippen LogP contribution in [-0.4, -0.2) is 45.2 Å². The van der Waals surface area contributed by atoms with Crippen LogP contribution < -0.4 is 16.0 Å². The quantitative estimate of drug-likeness (QED) is 0.761. The van der Waals surface area contributed by atoms with Crippen molar-refractivity contribution >= 4 is 28.7 Å². The van der Waals surface area contributed by atoms with Crippen LogP contribution in [0.25, 0.3) is 11.0 Å². The molecule has 3 rings (SSSR count). The number of H-pyrrole nitrogens is 1. The molecule has 3 heterocycles. The Morgan fingerprint density at radius 2 is 2.38 bits per heavy atom. The summed E-state index contributed by atoms with van der Waals surface area (Å²) < 4.78 is 0. The van der Waals surface area contributed by atoms with E-state index in [2.05, 4.69) is 25.5 Å². The summed E-state index contributed by atoms with van der Waals surface area (Å²) in [7, 11) is 0. The van der Waals surface area contributed by atoms with E-state index in [0.29, 0.717) is 17.4 Å². The summed E-state index contributed by atoms with van der Waals surface area (Å²) in [6.07, 6.45) is 4.47. The van der Waals surface area contributed by atoms with Crippen LogP contribution in [0.5, 0.6) is 0 Å². The topological polar surface area (TPSA) is 113 Å². The molecule has 1 amide bonds. The number of hydrogen-bond donors (Lipinski definition) is 3. The average Bonchev–Trinajstić information content (AvgIpc) is 2.95. The van der Waals surface area contributed by atoms with Crippen LogP contribution in [0.2, 0.25) is 0 Å². The molecule has 0 saturated carbocycles. The molecular formula is C13H19N7O. The number of carbonyl (C=O) groups is 1. The lowest BCUT2D eigenvalue weighted by Gasteiger charge is -2.34. The second-order valence-corrected chi connectivity index (χ2v) is 5.14. The van der Waals surface area contributed by atoms with Gasteiger partial charge in [0.2, 0.25) is 11.9 Å². The fraction of sp³-hybridized carbons (Fsp3) is 0.538. The van der Waals surface area contributed by atoms with Gasteiger partial charge in [0.1, 0.15) is 11.9 Å². The smallest absolute Gasteiger partial charge is 0.240 e. The standard InChI is InChI=1S/C13H19N7O/c1-2-15-13-17-11-8(7-16-19-11)12(18-13)20-6-4-3-5-9(20)10(14)21/h7,9H,2-6H2,1H3,(H2,14,21)(H2,15,16,17,18,19). The van der Waals surface area contributed by atoms with Gasteiger partial charge in [0.05, 0.1) is 11.6 Å². The Labute approximate surface area is 122 Å². The number of hydrogen-bond acceptors (Lipinski definition) is 6. The van der Waals surface area contributed by atoms with Crippen molar-refractivity contribution in [2.45, 2.75) is 32.2 Å². The molecule has 1 fully saturated rings. The van der Waals surface area contributed by atoms with E-state index in [0.717, 1.165) is 37.7 Å². The molecule has 21 heavy (non-hydrogen) atoms. The van der Waals surface area contributed by atoms with Gasteiger partial charge in [0.15, 0.2) is 5.65 Å². The molecule has 1 aliphatic heterocycles. The molecule has 1 unspecified atom stereocenters. The van der Waals surface area contributed by atoms with Gasteiger partial charge in [-0.25, -0.2) is 0 Å². The molecule has 0 aromatic carbocycles. The minimum atomic E-state index is -0.318. The van der Waals surface area contributed by atoms with Crippen LogP contribution in [0.15, 0.2) is 6.20 Å². The van der Waals surface area contributed by atoms with Crippen LogP contribution in [-0.2, 0) is 4.79 Å². The van der Waals surface area contributed by atoms with Gasteiger partial charge in [-0.05, 0) is 26.2 Å². The predicted molar refractivity (Wildman–Crippen MR) is 80.0 cm³/mol. The Bertz CT molecular complexity index is 653. The van der Waals surface area contributed by atoms with Crippen LogP contribution in [0.3, 0.4) is 0 Å². The number of primary amides is 1. The number of piperidine rings is 1. The Kier molecular flexibility index (Phi) is 3.59. The van der Waals surface area contributed by atoms with Gasteiger partial charge < -0.3 is 16.0 Å². The number of nitrogens with two attached hydrogens (primary N) is 1. The van der Waals surface area contributed by atoms with Crippen molar-refractivity contribution in [3.63, 3.8) is 0 Å². The number of aromatic amines is 1. The molecule has 0 bridgehead atoms. The molecule has 8 heteroatoms. The highest BCUT2D eigenvalue weighted by Gasteiger charge is 2.30. The van der Waals surface area contributed by atoms with Crippen molar-refractivity contribution in [2.24, 2.45) is 5.73 Å². The third-order valence-electron chi connectivity index (χ3n) is 3.73. The zero-order valence-electron chi connectivity index (χ0n) is 12.0. The Morgan fingerprint density at radius 3 is 3.14 bits per heavy atom. The van der Waals surface area contributed by atoms with Gasteiger partial charge in [-0.2, -0.15) is 15.1 Å². The first kappa shape index (κ1) is 13.6. The maximum Gasteiger partial charge on any atom is 0.240 e. The normalized spacial score (nSPS) is 18.9. The Balaban J connectivity index is 2.08. The van der Waals surface area contributed by atoms with Gasteiger partial charge >= 0.3 is 0 Å². The van der Waals surface area contributed by atoms with Gasteiger partial charge in [-0.1, -0.05) is 0 Å². The molecule has 4 N–H and O–H groups in total. The summed E-state index contributed by atoms with van der Waals surface area (Å²) in [6, 6.07) is -0.318. The molecule has 8 nitrogen and oxygen atoms in total. The van der Waals surface area contributed by atoms with Crippen molar-refractivity contribution < 1.29 is 4.79 Å². The first-order valence-electron chi connectivity index (χ1n) is 7.21. The van der Waals surface area contributed by atoms with Crippen LogP contribution >= 0.6 is 0 Å². The lowest BCUT2D eigenvalue weighted by molar-refractivity contribution is -0.119. The van der Waals surface area contributed by atoms with Crippen LogP contribution in [0.4, 0.5) is 11.8 Å². The Morgan fingerprint density at radius 1 is 1.52 bits per heavy atom. The third-order valence-corrected chi connectivity index (χ3v) is 3.73. The Hall–Kier alpha value is -2.38. The highest BCUT2D eigenvalue weighted by Crippen LogP contribution is 2.29. The largest absolute Gasteiger partial charge is 0.368 e. The van der Waals surface area contributed by atoms with Crippen molar-refractivity contribution in [2.75, 3.05) is 23.3 Å². The van der Waals surface area contributed by atoms with Gasteiger partial charge in [-0.15, -0.1) is 0 Å². The molecule has 1 aliphatic rings. The van der Waals surface area contributed by atoms with Crippen molar-refractivity contribution in [3.05, 3.63) is 6.20 Å². The molecule has 112 valence electrons. The van der Waals surface area contributed by atoms with E-state index in [1.54, 1.807) is 6.20 Å². The fourth-order valence-corrected chi connectivity index (χ4v) is 2.76. The maximum absolute atomic E-state index is 11.7. The molecule has 0 aliphatic carbocycles.